The SMILES string of the molecule is Cc1nn(Cc2ccc(Cl)cc2)c2nc(C3CC3)cc(C(F)(F)F)c12. The van der Waals surface area contributed by atoms with Gasteiger partial charge < -0.3 is 0 Å². The van der Waals surface area contributed by atoms with Crippen molar-refractivity contribution >= 4 is 22.6 Å². The minimum absolute atomic E-state index is 0.0888. The Morgan fingerprint density at radius 2 is 1.88 bits per heavy atom. The second kappa shape index (κ2) is 5.73. The lowest BCUT2D eigenvalue weighted by atomic mass is 10.1. The summed E-state index contributed by atoms with van der Waals surface area (Å²) in [6.07, 6.45) is -2.65. The molecule has 4 rings (SSSR count). The van der Waals surface area contributed by atoms with E-state index in [0.717, 1.165) is 18.4 Å². The molecule has 0 saturated heterocycles. The fraction of sp³-hybridized carbons (Fsp3) is 0.333. The molecule has 1 aliphatic carbocycles. The first-order valence-electron chi connectivity index (χ1n) is 8.02. The second-order valence-corrected chi connectivity index (χ2v) is 6.87. The number of fused-ring (bicyclic) bond motifs is 1. The van der Waals surface area contributed by atoms with Crippen LogP contribution in [-0.4, -0.2) is 14.8 Å². The minimum atomic E-state index is -4.43. The van der Waals surface area contributed by atoms with Gasteiger partial charge in [0.2, 0.25) is 0 Å². The Kier molecular flexibility index (Phi) is 3.76. The van der Waals surface area contributed by atoms with Crippen LogP contribution < -0.4 is 0 Å². The van der Waals surface area contributed by atoms with Gasteiger partial charge in [-0.1, -0.05) is 23.7 Å². The van der Waals surface area contributed by atoms with E-state index in [9.17, 15) is 13.2 Å². The van der Waals surface area contributed by atoms with Gasteiger partial charge in [0.1, 0.15) is 0 Å². The summed E-state index contributed by atoms with van der Waals surface area (Å²) in [5.74, 6) is 0.129. The molecular formula is C18H15ClF3N3. The van der Waals surface area contributed by atoms with Crippen LogP contribution in [0.25, 0.3) is 11.0 Å². The van der Waals surface area contributed by atoms with Gasteiger partial charge in [-0.05, 0) is 43.5 Å². The molecule has 130 valence electrons. The van der Waals surface area contributed by atoms with Crippen molar-refractivity contribution in [2.75, 3.05) is 0 Å². The predicted molar refractivity (Wildman–Crippen MR) is 89.8 cm³/mol. The Bertz CT molecular complexity index is 941. The van der Waals surface area contributed by atoms with Crippen molar-refractivity contribution in [3.63, 3.8) is 0 Å². The molecule has 25 heavy (non-hydrogen) atoms. The summed E-state index contributed by atoms with van der Waals surface area (Å²) in [5, 5.41) is 5.02. The van der Waals surface area contributed by atoms with Gasteiger partial charge in [-0.2, -0.15) is 18.3 Å². The summed E-state index contributed by atoms with van der Waals surface area (Å²) in [7, 11) is 0. The number of alkyl halides is 3. The van der Waals surface area contributed by atoms with E-state index in [1.54, 1.807) is 23.7 Å². The van der Waals surface area contributed by atoms with Crippen molar-refractivity contribution in [2.45, 2.75) is 38.4 Å². The summed E-state index contributed by atoms with van der Waals surface area (Å²) in [5.41, 5.74) is 1.41. The smallest absolute Gasteiger partial charge is 0.243 e. The van der Waals surface area contributed by atoms with Crippen LogP contribution in [0, 0.1) is 6.92 Å². The van der Waals surface area contributed by atoms with Crippen LogP contribution >= 0.6 is 11.6 Å². The normalized spacial score (nSPS) is 15.1. The Morgan fingerprint density at radius 1 is 1.20 bits per heavy atom. The van der Waals surface area contributed by atoms with Crippen LogP contribution in [0.2, 0.25) is 5.02 Å². The van der Waals surface area contributed by atoms with Crippen LogP contribution in [0.15, 0.2) is 30.3 Å². The van der Waals surface area contributed by atoms with E-state index in [1.807, 2.05) is 12.1 Å². The maximum atomic E-state index is 13.6. The Morgan fingerprint density at radius 3 is 2.48 bits per heavy atom. The van der Waals surface area contributed by atoms with Crippen LogP contribution in [0.1, 0.15) is 41.3 Å². The summed E-state index contributed by atoms with van der Waals surface area (Å²) >= 11 is 5.89. The molecule has 1 aliphatic rings. The molecule has 0 spiro atoms. The van der Waals surface area contributed by atoms with Crippen LogP contribution in [0.4, 0.5) is 13.2 Å². The topological polar surface area (TPSA) is 30.7 Å². The third-order valence-corrected chi connectivity index (χ3v) is 4.70. The first kappa shape index (κ1) is 16.4. The lowest BCUT2D eigenvalue weighted by Gasteiger charge is -2.11. The van der Waals surface area contributed by atoms with Crippen molar-refractivity contribution in [1.29, 1.82) is 0 Å². The number of aryl methyl sites for hydroxylation is 1. The minimum Gasteiger partial charge on any atom is -0.243 e. The van der Waals surface area contributed by atoms with Crippen LogP contribution in [0.3, 0.4) is 0 Å². The molecule has 0 radical (unpaired) electrons. The molecule has 1 fully saturated rings. The van der Waals surface area contributed by atoms with Gasteiger partial charge >= 0.3 is 6.18 Å². The molecule has 0 bridgehead atoms. The predicted octanol–water partition coefficient (Wildman–Crippen LogP) is 5.34. The summed E-state index contributed by atoms with van der Waals surface area (Å²) in [6.45, 7) is 1.94. The molecular weight excluding hydrogens is 351 g/mol. The number of benzene rings is 1. The van der Waals surface area contributed by atoms with E-state index in [4.69, 9.17) is 11.6 Å². The fourth-order valence-corrected chi connectivity index (χ4v) is 3.18. The zero-order valence-corrected chi connectivity index (χ0v) is 14.2. The van der Waals surface area contributed by atoms with Gasteiger partial charge in [0.25, 0.3) is 0 Å². The average molecular weight is 366 g/mol. The third kappa shape index (κ3) is 3.11. The number of nitrogens with zero attached hydrogens (tertiary/aromatic N) is 3. The number of hydrogen-bond acceptors (Lipinski definition) is 2. The van der Waals surface area contributed by atoms with Crippen LogP contribution in [-0.2, 0) is 12.7 Å². The zero-order valence-electron chi connectivity index (χ0n) is 13.4. The molecule has 7 heteroatoms. The molecule has 1 saturated carbocycles. The number of hydrogen-bond donors (Lipinski definition) is 0. The first-order chi connectivity index (χ1) is 11.8. The van der Waals surface area contributed by atoms with Crippen molar-refractivity contribution in [3.8, 4) is 0 Å². The monoisotopic (exact) mass is 365 g/mol. The largest absolute Gasteiger partial charge is 0.417 e. The molecule has 3 aromatic rings. The van der Waals surface area contributed by atoms with E-state index in [0.29, 0.717) is 28.6 Å². The highest BCUT2D eigenvalue weighted by molar-refractivity contribution is 6.30. The highest BCUT2D eigenvalue weighted by atomic mass is 35.5. The summed E-state index contributed by atoms with van der Waals surface area (Å²) in [4.78, 5) is 4.52. The number of rotatable bonds is 3. The average Bonchev–Trinajstić information content (AvgIpc) is 3.35. The maximum absolute atomic E-state index is 13.6. The van der Waals surface area contributed by atoms with Gasteiger partial charge in [-0.25, -0.2) is 9.67 Å². The summed E-state index contributed by atoms with van der Waals surface area (Å²) < 4.78 is 42.2. The number of halogens is 4. The van der Waals surface area contributed by atoms with Crippen molar-refractivity contribution in [2.24, 2.45) is 0 Å². The number of aromatic nitrogens is 3. The second-order valence-electron chi connectivity index (χ2n) is 6.43. The molecule has 0 atom stereocenters. The van der Waals surface area contributed by atoms with Crippen molar-refractivity contribution < 1.29 is 13.2 Å². The lowest BCUT2D eigenvalue weighted by molar-refractivity contribution is -0.136. The van der Waals surface area contributed by atoms with Crippen molar-refractivity contribution in [3.05, 3.63) is 57.9 Å². The van der Waals surface area contributed by atoms with Gasteiger partial charge in [0.15, 0.2) is 5.65 Å². The van der Waals surface area contributed by atoms with E-state index in [-0.39, 0.29) is 11.3 Å². The Labute approximate surface area is 147 Å². The van der Waals surface area contributed by atoms with E-state index < -0.39 is 11.7 Å². The lowest BCUT2D eigenvalue weighted by Crippen LogP contribution is -2.09. The van der Waals surface area contributed by atoms with Gasteiger partial charge in [-0.3, -0.25) is 0 Å². The van der Waals surface area contributed by atoms with Gasteiger partial charge in [0.05, 0.1) is 23.2 Å². The molecule has 0 aliphatic heterocycles. The van der Waals surface area contributed by atoms with Crippen molar-refractivity contribution in [1.82, 2.24) is 14.8 Å². The van der Waals surface area contributed by atoms with Gasteiger partial charge in [-0.15, -0.1) is 0 Å². The Hall–Kier alpha value is -2.08. The van der Waals surface area contributed by atoms with Crippen LogP contribution in [0.5, 0.6) is 0 Å². The highest BCUT2D eigenvalue weighted by Crippen LogP contribution is 2.43. The molecule has 0 unspecified atom stereocenters. The highest BCUT2D eigenvalue weighted by Gasteiger charge is 2.37. The maximum Gasteiger partial charge on any atom is 0.417 e. The number of pyridine rings is 1. The van der Waals surface area contributed by atoms with E-state index >= 15 is 0 Å². The van der Waals surface area contributed by atoms with Gasteiger partial charge in [0, 0.05) is 16.6 Å². The van der Waals surface area contributed by atoms with E-state index in [1.165, 1.54) is 6.07 Å². The molecule has 2 heterocycles. The quantitative estimate of drug-likeness (QED) is 0.627. The third-order valence-electron chi connectivity index (χ3n) is 4.44. The standard InChI is InChI=1S/C18H15ClF3N3/c1-10-16-14(18(20,21)22)8-15(12-4-5-12)23-17(16)25(24-10)9-11-2-6-13(19)7-3-11/h2-3,6-8,12H,4-5,9H2,1H3. The molecule has 2 aromatic heterocycles. The fourth-order valence-electron chi connectivity index (χ4n) is 3.06. The zero-order chi connectivity index (χ0) is 17.8. The molecule has 0 amide bonds. The molecule has 1 aromatic carbocycles. The van der Waals surface area contributed by atoms with E-state index in [2.05, 4.69) is 10.1 Å². The molecule has 0 N–H and O–H groups in total. The molecule has 3 nitrogen and oxygen atoms in total. The summed E-state index contributed by atoms with van der Waals surface area (Å²) in [6, 6.07) is 8.36. The first-order valence-corrected chi connectivity index (χ1v) is 8.40. The Balaban J connectivity index is 1.87.